The molecular weight excluding hydrogens is 174 g/mol. The van der Waals surface area contributed by atoms with Gasteiger partial charge in [0.2, 0.25) is 0 Å². The smallest absolute Gasteiger partial charge is 0.206 e. The van der Waals surface area contributed by atoms with Crippen molar-refractivity contribution in [1.82, 2.24) is 0 Å². The minimum atomic E-state index is -3.52. The lowest BCUT2D eigenvalue weighted by atomic mass is 10.3. The summed E-state index contributed by atoms with van der Waals surface area (Å²) in [6.07, 6.45) is -10.8. The molecule has 0 bridgehead atoms. The van der Waals surface area contributed by atoms with Crippen LogP contribution in [0.1, 0.15) is 0 Å². The van der Waals surface area contributed by atoms with E-state index in [1.165, 1.54) is 0 Å². The summed E-state index contributed by atoms with van der Waals surface area (Å²) in [6, 6.07) is 0. The normalized spacial score (nSPS) is 11.4. The van der Waals surface area contributed by atoms with Gasteiger partial charge in [-0.15, -0.1) is 0 Å². The quantitative estimate of drug-likeness (QED) is 0.460. The number of allylic oxidation sites excluding steroid dienone is 2. The van der Waals surface area contributed by atoms with Gasteiger partial charge < -0.3 is 0 Å². The first-order valence-corrected chi connectivity index (χ1v) is 2.51. The zero-order valence-electron chi connectivity index (χ0n) is 5.08. The largest absolute Gasteiger partial charge is 0.265 e. The van der Waals surface area contributed by atoms with Crippen LogP contribution in [0.2, 0.25) is 0 Å². The SMILES string of the molecule is FC(F)C=C(C(F)F)C(F)F. The molecule has 66 valence electrons. The molecule has 0 aromatic rings. The number of alkyl halides is 6. The van der Waals surface area contributed by atoms with E-state index in [1.807, 2.05) is 0 Å². The molecule has 0 nitrogen and oxygen atoms in total. The van der Waals surface area contributed by atoms with Gasteiger partial charge in [-0.05, 0) is 6.08 Å². The maximum absolute atomic E-state index is 11.4. The van der Waals surface area contributed by atoms with Crippen LogP contribution in [-0.4, -0.2) is 19.3 Å². The van der Waals surface area contributed by atoms with Gasteiger partial charge in [0.1, 0.15) is 0 Å². The van der Waals surface area contributed by atoms with E-state index >= 15 is 0 Å². The molecule has 6 heteroatoms. The van der Waals surface area contributed by atoms with Crippen molar-refractivity contribution in [3.8, 4) is 0 Å². The van der Waals surface area contributed by atoms with Crippen molar-refractivity contribution in [1.29, 1.82) is 0 Å². The molecule has 0 aromatic heterocycles. The molecule has 0 heterocycles. The molecule has 0 radical (unpaired) electrons. The first kappa shape index (κ1) is 10.3. The molecule has 0 aliphatic rings. The highest BCUT2D eigenvalue weighted by atomic mass is 19.3. The second-order valence-corrected chi connectivity index (χ2v) is 1.60. The summed E-state index contributed by atoms with van der Waals surface area (Å²) in [5, 5.41) is 0. The Bertz CT molecular complexity index is 128. The zero-order chi connectivity index (χ0) is 9.02. The van der Waals surface area contributed by atoms with Crippen molar-refractivity contribution in [2.24, 2.45) is 0 Å². The molecule has 0 unspecified atom stereocenters. The molecule has 0 aromatic carbocycles. The van der Waals surface area contributed by atoms with E-state index in [1.54, 1.807) is 0 Å². The molecule has 0 aliphatic heterocycles. The topological polar surface area (TPSA) is 0 Å². The van der Waals surface area contributed by atoms with Crippen LogP contribution >= 0.6 is 0 Å². The summed E-state index contributed by atoms with van der Waals surface area (Å²) in [5.41, 5.74) is -1.82. The van der Waals surface area contributed by atoms with Gasteiger partial charge in [-0.1, -0.05) is 0 Å². The molecule has 0 saturated heterocycles. The maximum Gasteiger partial charge on any atom is 0.265 e. The monoisotopic (exact) mass is 178 g/mol. The van der Waals surface area contributed by atoms with Gasteiger partial charge in [0, 0.05) is 0 Å². The number of hydrogen-bond acceptors (Lipinski definition) is 0. The Balaban J connectivity index is 4.33. The van der Waals surface area contributed by atoms with E-state index in [0.717, 1.165) is 0 Å². The molecule has 0 saturated carbocycles. The summed E-state index contributed by atoms with van der Waals surface area (Å²) >= 11 is 0. The van der Waals surface area contributed by atoms with Crippen molar-refractivity contribution in [2.75, 3.05) is 0 Å². The van der Waals surface area contributed by atoms with Gasteiger partial charge in [-0.2, -0.15) is 0 Å². The van der Waals surface area contributed by atoms with Crippen LogP contribution in [0.5, 0.6) is 0 Å². The first-order valence-electron chi connectivity index (χ1n) is 2.51. The van der Waals surface area contributed by atoms with E-state index in [0.29, 0.717) is 0 Å². The fraction of sp³-hybridized carbons (Fsp3) is 0.600. The Hall–Kier alpha value is -0.680. The van der Waals surface area contributed by atoms with Crippen molar-refractivity contribution >= 4 is 0 Å². The second-order valence-electron chi connectivity index (χ2n) is 1.60. The molecule has 0 amide bonds. The molecule has 0 rings (SSSR count). The molecule has 11 heavy (non-hydrogen) atoms. The molecule has 0 aliphatic carbocycles. The molecular formula is C5H4F6. The standard InChI is InChI=1S/C5H4F6/c6-3(7)1-2(4(8)9)5(10)11/h1,3-5H. The van der Waals surface area contributed by atoms with Crippen LogP contribution in [0.25, 0.3) is 0 Å². The van der Waals surface area contributed by atoms with E-state index in [4.69, 9.17) is 0 Å². The van der Waals surface area contributed by atoms with Crippen molar-refractivity contribution in [3.63, 3.8) is 0 Å². The van der Waals surface area contributed by atoms with Gasteiger partial charge in [0.25, 0.3) is 19.3 Å². The minimum absolute atomic E-state index is 0.435. The van der Waals surface area contributed by atoms with Crippen molar-refractivity contribution in [3.05, 3.63) is 11.6 Å². The first-order chi connectivity index (χ1) is 4.95. The molecule has 0 N–H and O–H groups in total. The lowest BCUT2D eigenvalue weighted by molar-refractivity contribution is 0.104. The van der Waals surface area contributed by atoms with Crippen molar-refractivity contribution in [2.45, 2.75) is 19.3 Å². The van der Waals surface area contributed by atoms with Gasteiger partial charge in [-0.25, -0.2) is 26.3 Å². The summed E-state index contributed by atoms with van der Waals surface area (Å²) in [4.78, 5) is 0. The summed E-state index contributed by atoms with van der Waals surface area (Å²) in [7, 11) is 0. The van der Waals surface area contributed by atoms with Gasteiger partial charge in [0.05, 0.1) is 5.57 Å². The van der Waals surface area contributed by atoms with E-state index in [-0.39, 0.29) is 0 Å². The third kappa shape index (κ3) is 3.90. The van der Waals surface area contributed by atoms with Crippen molar-refractivity contribution < 1.29 is 26.3 Å². The predicted octanol–water partition coefficient (Wildman–Crippen LogP) is 2.71. The highest BCUT2D eigenvalue weighted by Crippen LogP contribution is 2.18. The third-order valence-electron chi connectivity index (χ3n) is 0.822. The summed E-state index contributed by atoms with van der Waals surface area (Å²) in [5.74, 6) is 0. The van der Waals surface area contributed by atoms with Gasteiger partial charge in [0.15, 0.2) is 0 Å². The highest BCUT2D eigenvalue weighted by Gasteiger charge is 2.22. The minimum Gasteiger partial charge on any atom is -0.206 e. The predicted molar refractivity (Wildman–Crippen MR) is 26.1 cm³/mol. The van der Waals surface area contributed by atoms with Crippen LogP contribution < -0.4 is 0 Å². The van der Waals surface area contributed by atoms with Gasteiger partial charge in [-0.3, -0.25) is 0 Å². The molecule has 0 atom stereocenters. The number of rotatable bonds is 3. The Morgan fingerprint density at radius 2 is 1.18 bits per heavy atom. The third-order valence-corrected chi connectivity index (χ3v) is 0.822. The highest BCUT2D eigenvalue weighted by molar-refractivity contribution is 5.09. The summed E-state index contributed by atoms with van der Waals surface area (Å²) in [6.45, 7) is 0. The molecule has 0 spiro atoms. The van der Waals surface area contributed by atoms with E-state index in [2.05, 4.69) is 0 Å². The van der Waals surface area contributed by atoms with Crippen LogP contribution in [0.15, 0.2) is 11.6 Å². The van der Waals surface area contributed by atoms with E-state index < -0.39 is 30.9 Å². The average molecular weight is 178 g/mol. The Morgan fingerprint density at radius 1 is 0.818 bits per heavy atom. The lowest BCUT2D eigenvalue weighted by Gasteiger charge is -2.03. The van der Waals surface area contributed by atoms with Crippen LogP contribution in [0.4, 0.5) is 26.3 Å². The average Bonchev–Trinajstić information content (AvgIpc) is 1.81. The Kier molecular flexibility index (Phi) is 3.99. The number of hydrogen-bond donors (Lipinski definition) is 0. The fourth-order valence-electron chi connectivity index (χ4n) is 0.386. The fourth-order valence-corrected chi connectivity index (χ4v) is 0.386. The van der Waals surface area contributed by atoms with Gasteiger partial charge >= 0.3 is 0 Å². The Labute approximate surface area is 58.5 Å². The Morgan fingerprint density at radius 3 is 1.27 bits per heavy atom. The number of halogens is 6. The van der Waals surface area contributed by atoms with Crippen LogP contribution in [0, 0.1) is 0 Å². The van der Waals surface area contributed by atoms with Crippen LogP contribution in [-0.2, 0) is 0 Å². The van der Waals surface area contributed by atoms with E-state index in [9.17, 15) is 26.3 Å². The van der Waals surface area contributed by atoms with Crippen LogP contribution in [0.3, 0.4) is 0 Å². The zero-order valence-corrected chi connectivity index (χ0v) is 5.08. The molecule has 0 fully saturated rings. The summed E-state index contributed by atoms with van der Waals surface area (Å²) < 4.78 is 68.2. The second kappa shape index (κ2) is 4.25. The lowest BCUT2D eigenvalue weighted by Crippen LogP contribution is -2.08. The maximum atomic E-state index is 11.4.